The van der Waals surface area contributed by atoms with Crippen molar-refractivity contribution in [1.29, 1.82) is 0 Å². The van der Waals surface area contributed by atoms with Crippen molar-refractivity contribution in [2.24, 2.45) is 0 Å². The van der Waals surface area contributed by atoms with Crippen molar-refractivity contribution in [2.75, 3.05) is 0 Å². The third-order valence-corrected chi connectivity index (χ3v) is 2.74. The van der Waals surface area contributed by atoms with Crippen LogP contribution in [0.25, 0.3) is 0 Å². The predicted molar refractivity (Wildman–Crippen MR) is 50.6 cm³/mol. The highest BCUT2D eigenvalue weighted by Gasteiger charge is 2.43. The van der Waals surface area contributed by atoms with Crippen LogP contribution >= 0.6 is 23.2 Å². The summed E-state index contributed by atoms with van der Waals surface area (Å²) in [7, 11) is 0. The van der Waals surface area contributed by atoms with Crippen molar-refractivity contribution in [3.8, 4) is 5.75 Å². The highest BCUT2D eigenvalue weighted by molar-refractivity contribution is 6.61. The van der Waals surface area contributed by atoms with Gasteiger partial charge in [-0.05, 0) is 6.07 Å². The molecular weight excluding hydrogens is 211 g/mol. The Labute approximate surface area is 85.1 Å². The molecule has 0 fully saturated rings. The number of fused-ring (bicyclic) bond motifs is 1. The molecule has 0 aromatic heterocycles. The van der Waals surface area contributed by atoms with Crippen molar-refractivity contribution in [2.45, 2.75) is 10.8 Å². The predicted octanol–water partition coefficient (Wildman–Crippen LogP) is 2.30. The smallest absolute Gasteiger partial charge is 0.199 e. The minimum absolute atomic E-state index is 0.0778. The maximum Gasteiger partial charge on any atom is 0.199 e. The maximum absolute atomic E-state index is 11.5. The maximum atomic E-state index is 11.5. The minimum atomic E-state index is -1.40. The van der Waals surface area contributed by atoms with Gasteiger partial charge in [0.15, 0.2) is 10.1 Å². The average molecular weight is 217 g/mol. The highest BCUT2D eigenvalue weighted by atomic mass is 35.5. The van der Waals surface area contributed by atoms with E-state index < -0.39 is 4.33 Å². The lowest BCUT2D eigenvalue weighted by molar-refractivity contribution is 0.0985. The molecule has 0 spiro atoms. The van der Waals surface area contributed by atoms with E-state index in [1.165, 1.54) is 6.07 Å². The summed E-state index contributed by atoms with van der Waals surface area (Å²) in [6.45, 7) is 0. The first-order valence-corrected chi connectivity index (χ1v) is 4.51. The third kappa shape index (κ3) is 1.21. The lowest BCUT2D eigenvalue weighted by Gasteiger charge is -2.06. The number of alkyl halides is 2. The van der Waals surface area contributed by atoms with Gasteiger partial charge in [0.25, 0.3) is 0 Å². The second kappa shape index (κ2) is 2.63. The van der Waals surface area contributed by atoms with Crippen LogP contribution in [0.2, 0.25) is 0 Å². The fourth-order valence-electron chi connectivity index (χ4n) is 1.47. The number of rotatable bonds is 0. The average Bonchev–Trinajstić information content (AvgIpc) is 2.28. The van der Waals surface area contributed by atoms with Gasteiger partial charge in [-0.25, -0.2) is 0 Å². The van der Waals surface area contributed by atoms with Crippen LogP contribution in [0.1, 0.15) is 15.9 Å². The van der Waals surface area contributed by atoms with Crippen LogP contribution in [0.4, 0.5) is 0 Å². The largest absolute Gasteiger partial charge is 0.508 e. The molecule has 1 N–H and O–H groups in total. The van der Waals surface area contributed by atoms with E-state index in [4.69, 9.17) is 23.2 Å². The summed E-state index contributed by atoms with van der Waals surface area (Å²) in [5.74, 6) is -0.254. The van der Waals surface area contributed by atoms with E-state index in [9.17, 15) is 9.90 Å². The molecule has 0 radical (unpaired) electrons. The van der Waals surface area contributed by atoms with Crippen LogP contribution in [0, 0.1) is 0 Å². The number of benzene rings is 1. The molecule has 13 heavy (non-hydrogen) atoms. The molecule has 0 saturated carbocycles. The number of halogens is 2. The molecule has 4 heteroatoms. The SMILES string of the molecule is O=C1c2cccc(O)c2CC1(Cl)Cl. The van der Waals surface area contributed by atoms with Crippen molar-refractivity contribution < 1.29 is 9.90 Å². The molecule has 68 valence electrons. The Morgan fingerprint density at radius 3 is 2.69 bits per heavy atom. The molecule has 2 rings (SSSR count). The molecule has 0 bridgehead atoms. The van der Waals surface area contributed by atoms with Gasteiger partial charge in [-0.1, -0.05) is 35.3 Å². The second-order valence-corrected chi connectivity index (χ2v) is 4.50. The number of ketones is 1. The molecular formula is C9H6Cl2O2. The zero-order valence-electron chi connectivity index (χ0n) is 6.55. The Balaban J connectivity index is 2.63. The van der Waals surface area contributed by atoms with E-state index in [1.807, 2.05) is 0 Å². The summed E-state index contributed by atoms with van der Waals surface area (Å²) in [4.78, 5) is 11.5. The molecule has 1 aliphatic rings. The zero-order valence-corrected chi connectivity index (χ0v) is 8.06. The van der Waals surface area contributed by atoms with E-state index in [-0.39, 0.29) is 18.0 Å². The van der Waals surface area contributed by atoms with Crippen LogP contribution in [0.5, 0.6) is 5.75 Å². The van der Waals surface area contributed by atoms with Crippen LogP contribution in [-0.2, 0) is 6.42 Å². The number of aromatic hydroxyl groups is 1. The van der Waals surface area contributed by atoms with Crippen LogP contribution in [0.15, 0.2) is 18.2 Å². The van der Waals surface area contributed by atoms with Gasteiger partial charge in [-0.3, -0.25) is 4.79 Å². The van der Waals surface area contributed by atoms with Gasteiger partial charge in [-0.15, -0.1) is 0 Å². The zero-order chi connectivity index (χ0) is 9.64. The van der Waals surface area contributed by atoms with E-state index in [2.05, 4.69) is 0 Å². The molecule has 0 saturated heterocycles. The van der Waals surface area contributed by atoms with Gasteiger partial charge in [0, 0.05) is 17.5 Å². The number of hydrogen-bond acceptors (Lipinski definition) is 2. The number of carbonyl (C=O) groups excluding carboxylic acids is 1. The minimum Gasteiger partial charge on any atom is -0.508 e. The number of hydrogen-bond donors (Lipinski definition) is 1. The fraction of sp³-hybridized carbons (Fsp3) is 0.222. The standard InChI is InChI=1S/C9H6Cl2O2/c10-9(11)4-6-5(8(9)13)2-1-3-7(6)12/h1-3,12H,4H2. The van der Waals surface area contributed by atoms with Gasteiger partial charge in [0.05, 0.1) is 0 Å². The third-order valence-electron chi connectivity index (χ3n) is 2.13. The Bertz CT molecular complexity index is 385. The van der Waals surface area contributed by atoms with E-state index in [0.29, 0.717) is 11.1 Å². The van der Waals surface area contributed by atoms with Crippen molar-refractivity contribution in [3.63, 3.8) is 0 Å². The highest BCUT2D eigenvalue weighted by Crippen LogP contribution is 2.41. The van der Waals surface area contributed by atoms with Crippen LogP contribution in [-0.4, -0.2) is 15.2 Å². The van der Waals surface area contributed by atoms with Crippen molar-refractivity contribution in [1.82, 2.24) is 0 Å². The molecule has 0 heterocycles. The number of phenols is 1. The summed E-state index contributed by atoms with van der Waals surface area (Å²) in [6, 6.07) is 4.73. The Morgan fingerprint density at radius 1 is 1.38 bits per heavy atom. The Morgan fingerprint density at radius 2 is 2.08 bits per heavy atom. The quantitative estimate of drug-likeness (QED) is 0.677. The number of phenolic OH excluding ortho intramolecular Hbond substituents is 1. The molecule has 0 unspecified atom stereocenters. The van der Waals surface area contributed by atoms with Gasteiger partial charge in [0.1, 0.15) is 5.75 Å². The molecule has 1 aliphatic carbocycles. The van der Waals surface area contributed by atoms with Crippen LogP contribution in [0.3, 0.4) is 0 Å². The second-order valence-electron chi connectivity index (χ2n) is 3.01. The Hall–Kier alpha value is -0.730. The first-order valence-electron chi connectivity index (χ1n) is 3.76. The summed E-state index contributed by atoms with van der Waals surface area (Å²) in [5.41, 5.74) is 0.961. The molecule has 0 amide bonds. The normalized spacial score (nSPS) is 18.8. The van der Waals surface area contributed by atoms with E-state index >= 15 is 0 Å². The molecule has 0 atom stereocenters. The van der Waals surface area contributed by atoms with Crippen molar-refractivity contribution in [3.05, 3.63) is 29.3 Å². The summed E-state index contributed by atoms with van der Waals surface area (Å²) in [6.07, 6.45) is 0.178. The lowest BCUT2D eigenvalue weighted by Crippen LogP contribution is -2.20. The lowest BCUT2D eigenvalue weighted by atomic mass is 10.1. The molecule has 1 aromatic rings. The number of carbonyl (C=O) groups is 1. The molecule has 2 nitrogen and oxygen atoms in total. The topological polar surface area (TPSA) is 37.3 Å². The van der Waals surface area contributed by atoms with Gasteiger partial charge in [-0.2, -0.15) is 0 Å². The van der Waals surface area contributed by atoms with Crippen LogP contribution < -0.4 is 0 Å². The van der Waals surface area contributed by atoms with Gasteiger partial charge >= 0.3 is 0 Å². The van der Waals surface area contributed by atoms with Gasteiger partial charge < -0.3 is 5.11 Å². The summed E-state index contributed by atoms with van der Waals surface area (Å²) >= 11 is 11.5. The first kappa shape index (κ1) is 8.85. The fourth-order valence-corrected chi connectivity index (χ4v) is 1.94. The van der Waals surface area contributed by atoms with Gasteiger partial charge in [0.2, 0.25) is 0 Å². The molecule has 1 aromatic carbocycles. The first-order chi connectivity index (χ1) is 6.02. The Kier molecular flexibility index (Phi) is 1.79. The van der Waals surface area contributed by atoms with E-state index in [0.717, 1.165) is 0 Å². The summed E-state index contributed by atoms with van der Waals surface area (Å²) < 4.78 is -1.40. The monoisotopic (exact) mass is 216 g/mol. The molecule has 0 aliphatic heterocycles. The summed E-state index contributed by atoms with van der Waals surface area (Å²) in [5, 5.41) is 9.41. The van der Waals surface area contributed by atoms with E-state index in [1.54, 1.807) is 12.1 Å². The van der Waals surface area contributed by atoms with Crippen molar-refractivity contribution >= 4 is 29.0 Å². The number of Topliss-reactive ketones (excluding diaryl/α,β-unsaturated/α-hetero) is 1.